The Morgan fingerprint density at radius 1 is 0.257 bits per heavy atom. The molecule has 9 heterocycles. The molecule has 0 spiro atoms. The van der Waals surface area contributed by atoms with Crippen molar-refractivity contribution < 1.29 is 50.3 Å². The summed E-state index contributed by atoms with van der Waals surface area (Å²) in [7, 11) is 5.22. The number of amides is 6. The fraction of sp³-hybridized carbons (Fsp3) is 0.929. The molecule has 6 N–H and O–H groups in total. The van der Waals surface area contributed by atoms with Crippen LogP contribution >= 0.6 is 0 Å². The molecule has 9 atom stereocenters. The Bertz CT molecular complexity index is 2630. The predicted octanol–water partition coefficient (Wildman–Crippen LogP) is 9.94. The minimum absolute atomic E-state index is 0.0123. The van der Waals surface area contributed by atoms with E-state index in [2.05, 4.69) is 46.6 Å². The minimum atomic E-state index is -3.00. The van der Waals surface area contributed by atoms with Crippen LogP contribution in [0.4, 0.5) is 0 Å². The summed E-state index contributed by atoms with van der Waals surface area (Å²) in [6.07, 6.45) is 52.0. The average Bonchev–Trinajstić information content (AvgIpc) is 1.63. The number of rotatable bonds is 18. The summed E-state index contributed by atoms with van der Waals surface area (Å²) in [6, 6.07) is -0.0708. The molecule has 25 heteroatoms. The molecule has 12 aliphatic rings. The van der Waals surface area contributed by atoms with Crippen molar-refractivity contribution in [2.75, 3.05) is 139 Å². The SMILES string of the molecule is CNC1CCCCN(CC2CCCCC2)C1=O.CNC1CCCCN(CC2CCCCCC2)C1=O.CNC1CCCCN(CC2CCCCCC2)C1=O.CNC1CCCCN(CC2CCCCCO2)C1=O.CNC1CCCCN(CC2CCCCS2(=O)=O)C1=O.CNC1CCCCN(CC2CCCCS2(=O)=O)C1=O. The van der Waals surface area contributed by atoms with Crippen LogP contribution in [0.2, 0.25) is 0 Å². The van der Waals surface area contributed by atoms with Crippen LogP contribution in [0.5, 0.6) is 0 Å². The Labute approximate surface area is 661 Å². The van der Waals surface area contributed by atoms with Gasteiger partial charge in [0.2, 0.25) is 35.4 Å². The smallest absolute Gasteiger partial charge is 0.239 e. The Morgan fingerprint density at radius 2 is 0.477 bits per heavy atom. The fourth-order valence-electron chi connectivity index (χ4n) is 19.0. The lowest BCUT2D eigenvalue weighted by molar-refractivity contribution is -0.135. The van der Waals surface area contributed by atoms with Gasteiger partial charge in [0.25, 0.3) is 0 Å². The zero-order valence-corrected chi connectivity index (χ0v) is 71.0. The first kappa shape index (κ1) is 92.6. The van der Waals surface area contributed by atoms with E-state index in [0.29, 0.717) is 56.7 Å². The van der Waals surface area contributed by atoms with Gasteiger partial charge in [-0.3, -0.25) is 28.8 Å². The molecular weight excluding hydrogens is 1420 g/mol. The van der Waals surface area contributed by atoms with Crippen molar-refractivity contribution in [3.63, 3.8) is 0 Å². The largest absolute Gasteiger partial charge is 0.376 e. The van der Waals surface area contributed by atoms with Gasteiger partial charge in [0, 0.05) is 85.1 Å². The molecule has 0 aromatic heterocycles. The summed E-state index contributed by atoms with van der Waals surface area (Å²) >= 11 is 0. The number of nitrogens with zero attached hydrogens (tertiary/aromatic N) is 6. The van der Waals surface area contributed by atoms with Gasteiger partial charge >= 0.3 is 0 Å². The van der Waals surface area contributed by atoms with Gasteiger partial charge < -0.3 is 66.0 Å². The number of nitrogens with one attached hydrogen (secondary N) is 6. The van der Waals surface area contributed by atoms with Crippen LogP contribution in [0, 0.1) is 17.8 Å². The highest BCUT2D eigenvalue weighted by Gasteiger charge is 2.38. The molecule has 3 saturated carbocycles. The molecule has 9 saturated heterocycles. The maximum atomic E-state index is 12.4. The van der Waals surface area contributed by atoms with E-state index in [-0.39, 0.29) is 82.1 Å². The van der Waals surface area contributed by atoms with E-state index in [1.807, 2.05) is 33.1 Å². The fourth-order valence-corrected chi connectivity index (χ4v) is 22.8. The second-order valence-electron chi connectivity index (χ2n) is 34.3. The summed E-state index contributed by atoms with van der Waals surface area (Å²) in [5.74, 6) is 4.30. The van der Waals surface area contributed by atoms with E-state index in [0.717, 1.165) is 186 Å². The van der Waals surface area contributed by atoms with E-state index in [1.165, 1.54) is 167 Å². The summed E-state index contributed by atoms with van der Waals surface area (Å²) in [6.45, 7) is 10.7. The van der Waals surface area contributed by atoms with Gasteiger partial charge in [0.05, 0.1) is 64.4 Å². The standard InChI is InChI=1S/2C15H28N2O.C14H26N2O2.C14H26N2O.2C13H24N2O3S/c2*1-16-14-10-6-7-11-17(15(14)18)12-13-8-4-2-3-5-9-13;1-15-13-8-4-5-9-16(14(13)17)11-12-7-3-2-6-10-18-12;1-15-13-9-5-6-10-16(14(13)17)11-12-7-3-2-4-8-12;2*1-14-12-7-2-4-8-15(13(12)16)10-11-6-3-5-9-19(11,17)18/h2*13-14,16H,2-12H2,1H3;12-13,15H,2-11H2,1H3;12-13,15H,2-11H2,1H3;2*11-12,14H,2-10H2,1H3. The third-order valence-corrected chi connectivity index (χ3v) is 30.6. The van der Waals surface area contributed by atoms with Crippen LogP contribution in [0.1, 0.15) is 289 Å². The van der Waals surface area contributed by atoms with Crippen molar-refractivity contribution in [3.8, 4) is 0 Å². The van der Waals surface area contributed by atoms with E-state index in [1.54, 1.807) is 23.9 Å². The van der Waals surface area contributed by atoms with Crippen LogP contribution in [-0.4, -0.2) is 273 Å². The molecule has 3 aliphatic carbocycles. The van der Waals surface area contributed by atoms with Gasteiger partial charge in [-0.1, -0.05) is 96.3 Å². The van der Waals surface area contributed by atoms with Crippen LogP contribution in [-0.2, 0) is 53.2 Å². The Balaban J connectivity index is 0.000000182. The number of likely N-dealkylation sites (tertiary alicyclic amines) is 6. The van der Waals surface area contributed by atoms with Gasteiger partial charge in [0.1, 0.15) is 0 Å². The Hall–Kier alpha value is -3.56. The third-order valence-electron chi connectivity index (χ3n) is 26.1. The van der Waals surface area contributed by atoms with Crippen molar-refractivity contribution in [3.05, 3.63) is 0 Å². The number of carbonyl (C=O) groups is 6. The summed E-state index contributed by atoms with van der Waals surface area (Å²) in [4.78, 5) is 86.1. The van der Waals surface area contributed by atoms with Gasteiger partial charge in [-0.2, -0.15) is 0 Å². The average molecular weight is 1570 g/mol. The van der Waals surface area contributed by atoms with Crippen molar-refractivity contribution >= 4 is 55.1 Å². The predicted molar refractivity (Wildman–Crippen MR) is 440 cm³/mol. The summed E-state index contributed by atoms with van der Waals surface area (Å²) in [5.41, 5.74) is 0. The summed E-state index contributed by atoms with van der Waals surface area (Å²) in [5, 5.41) is 18.1. The zero-order valence-electron chi connectivity index (χ0n) is 69.3. The first-order valence-corrected chi connectivity index (χ1v) is 48.1. The van der Waals surface area contributed by atoms with E-state index >= 15 is 0 Å². The van der Waals surface area contributed by atoms with Crippen molar-refractivity contribution in [2.24, 2.45) is 17.8 Å². The van der Waals surface area contributed by atoms with E-state index in [4.69, 9.17) is 4.74 Å². The van der Waals surface area contributed by atoms with E-state index < -0.39 is 19.7 Å². The first-order chi connectivity index (χ1) is 52.8. The van der Waals surface area contributed by atoms with Crippen molar-refractivity contribution in [1.82, 2.24) is 61.3 Å². The minimum Gasteiger partial charge on any atom is -0.376 e. The quantitative estimate of drug-likeness (QED) is 0.0697. The van der Waals surface area contributed by atoms with Gasteiger partial charge in [-0.15, -0.1) is 0 Å². The van der Waals surface area contributed by atoms with Crippen LogP contribution < -0.4 is 31.9 Å². The van der Waals surface area contributed by atoms with Crippen LogP contribution in [0.15, 0.2) is 0 Å². The highest BCUT2D eigenvalue weighted by molar-refractivity contribution is 7.92. The van der Waals surface area contributed by atoms with Gasteiger partial charge in [-0.05, 0) is 253 Å². The number of likely N-dealkylation sites (N-methyl/N-ethyl adjacent to an activating group) is 6. The van der Waals surface area contributed by atoms with Crippen molar-refractivity contribution in [1.29, 1.82) is 0 Å². The maximum Gasteiger partial charge on any atom is 0.239 e. The topological polar surface area (TPSA) is 272 Å². The number of hydrogen-bond acceptors (Lipinski definition) is 17. The maximum absolute atomic E-state index is 12.4. The highest BCUT2D eigenvalue weighted by atomic mass is 32.2. The lowest BCUT2D eigenvalue weighted by Crippen LogP contribution is -2.48. The molecule has 0 aromatic rings. The van der Waals surface area contributed by atoms with Crippen molar-refractivity contribution in [2.45, 2.75) is 342 Å². The van der Waals surface area contributed by atoms with E-state index in [9.17, 15) is 45.6 Å². The molecule has 0 aromatic carbocycles. The molecule has 630 valence electrons. The number of hydrogen-bond donors (Lipinski definition) is 6. The van der Waals surface area contributed by atoms with Gasteiger partial charge in [0.15, 0.2) is 19.7 Å². The molecular formula is C84H156N12O11S2. The Morgan fingerprint density at radius 3 is 0.743 bits per heavy atom. The molecule has 109 heavy (non-hydrogen) atoms. The first-order valence-electron chi connectivity index (χ1n) is 44.6. The monoisotopic (exact) mass is 1570 g/mol. The molecule has 12 fully saturated rings. The molecule has 0 radical (unpaired) electrons. The second kappa shape index (κ2) is 51.4. The zero-order chi connectivity index (χ0) is 78.2. The third kappa shape index (κ3) is 31.9. The number of sulfone groups is 2. The van der Waals surface area contributed by atoms with Crippen LogP contribution in [0.3, 0.4) is 0 Å². The molecule has 9 unspecified atom stereocenters. The number of ether oxygens (including phenoxy) is 1. The molecule has 12 rings (SSSR count). The molecule has 6 amide bonds. The molecule has 9 aliphatic heterocycles. The summed E-state index contributed by atoms with van der Waals surface area (Å²) < 4.78 is 54.0. The lowest BCUT2D eigenvalue weighted by atomic mass is 9.89. The van der Waals surface area contributed by atoms with Crippen LogP contribution in [0.25, 0.3) is 0 Å². The lowest BCUT2D eigenvalue weighted by Gasteiger charge is -2.30. The molecule has 0 bridgehead atoms. The normalized spacial score (nSPS) is 29.9. The Kier molecular flexibility index (Phi) is 43.7. The highest BCUT2D eigenvalue weighted by Crippen LogP contribution is 2.31. The second-order valence-corrected chi connectivity index (χ2v) is 39.1. The molecule has 23 nitrogen and oxygen atoms in total. The van der Waals surface area contributed by atoms with Gasteiger partial charge in [-0.25, -0.2) is 16.8 Å². The number of carbonyl (C=O) groups excluding carboxylic acids is 6.